The van der Waals surface area contributed by atoms with Crippen LogP contribution in [0.1, 0.15) is 44.1 Å². The number of carbonyl (C=O) groups excluding carboxylic acids is 1. The van der Waals surface area contributed by atoms with Crippen LogP contribution in [0.4, 0.5) is 0 Å². The van der Waals surface area contributed by atoms with Crippen molar-refractivity contribution in [1.29, 1.82) is 0 Å². The van der Waals surface area contributed by atoms with E-state index in [2.05, 4.69) is 25.2 Å². The number of hydrogen-bond donors (Lipinski definition) is 1. The number of quaternary nitrogens is 1. The molecule has 39 heavy (non-hydrogen) atoms. The van der Waals surface area contributed by atoms with Gasteiger partial charge < -0.3 is 31.5 Å². The van der Waals surface area contributed by atoms with Crippen molar-refractivity contribution in [1.82, 2.24) is 0 Å². The number of esters is 1. The summed E-state index contributed by atoms with van der Waals surface area (Å²) in [6.45, 7) is 3.30. The van der Waals surface area contributed by atoms with Crippen LogP contribution in [-0.2, 0) is 15.1 Å². The first-order valence-electron chi connectivity index (χ1n) is 14.1. The number of likely N-dealkylation sites (N-methyl/N-ethyl adjacent to an activating group) is 1. The van der Waals surface area contributed by atoms with Gasteiger partial charge in [0.2, 0.25) is 0 Å². The lowest BCUT2D eigenvalue weighted by Crippen LogP contribution is -3.00. The summed E-state index contributed by atoms with van der Waals surface area (Å²) in [7, 11) is 2.23. The third-order valence-corrected chi connectivity index (χ3v) is 8.45. The molecule has 6 heteroatoms. The van der Waals surface area contributed by atoms with Crippen molar-refractivity contribution in [3.63, 3.8) is 0 Å². The summed E-state index contributed by atoms with van der Waals surface area (Å²) in [6.07, 6.45) is 5.35. The molecule has 0 aromatic heterocycles. The minimum absolute atomic E-state index is 0. The van der Waals surface area contributed by atoms with Gasteiger partial charge in [-0.25, -0.2) is 4.79 Å². The van der Waals surface area contributed by atoms with Crippen molar-refractivity contribution in [2.45, 2.75) is 50.2 Å². The van der Waals surface area contributed by atoms with Gasteiger partial charge >= 0.3 is 5.97 Å². The van der Waals surface area contributed by atoms with E-state index >= 15 is 0 Å². The monoisotopic (exact) mass is 549 g/mol. The van der Waals surface area contributed by atoms with Gasteiger partial charge in [0.15, 0.2) is 11.7 Å². The molecule has 208 valence electrons. The number of rotatable bonds is 10. The Labute approximate surface area is 238 Å². The van der Waals surface area contributed by atoms with Crippen LogP contribution in [0.2, 0.25) is 0 Å². The Kier molecular flexibility index (Phi) is 9.71. The van der Waals surface area contributed by atoms with Crippen molar-refractivity contribution >= 4 is 5.97 Å². The lowest BCUT2D eigenvalue weighted by Gasteiger charge is -2.33. The third kappa shape index (κ3) is 6.66. The summed E-state index contributed by atoms with van der Waals surface area (Å²) >= 11 is 0. The Hall–Kier alpha value is -2.86. The molecule has 0 bridgehead atoms. The number of benzene rings is 3. The summed E-state index contributed by atoms with van der Waals surface area (Å²) in [5, 5.41) is 11.7. The number of hydrogen-bond acceptors (Lipinski definition) is 4. The second-order valence-electron chi connectivity index (χ2n) is 11.2. The number of ether oxygens (including phenoxy) is 2. The van der Waals surface area contributed by atoms with Gasteiger partial charge in [-0.3, -0.25) is 0 Å². The van der Waals surface area contributed by atoms with Gasteiger partial charge in [0.05, 0.1) is 26.7 Å². The molecule has 1 aliphatic carbocycles. The Morgan fingerprint density at radius 2 is 1.56 bits per heavy atom. The van der Waals surface area contributed by atoms with Gasteiger partial charge in [-0.2, -0.15) is 0 Å². The SMILES string of the molecule is C[N+]1(CCCOc2ccccc2-c2ccccc2)CC[C@@H](OC(=O)[C@](O)(c2ccccc2)C2CCCC2)C1.[Cl-]. The number of para-hydroxylation sites is 1. The zero-order chi connectivity index (χ0) is 26.4. The van der Waals surface area contributed by atoms with E-state index in [-0.39, 0.29) is 24.4 Å². The minimum atomic E-state index is -1.57. The molecule has 1 saturated heterocycles. The molecule has 0 radical (unpaired) electrons. The number of nitrogens with zero attached hydrogens (tertiary/aromatic N) is 1. The average molecular weight is 550 g/mol. The smallest absolute Gasteiger partial charge is 0.343 e. The Bertz CT molecular complexity index is 1200. The van der Waals surface area contributed by atoms with E-state index in [1.807, 2.05) is 66.7 Å². The highest BCUT2D eigenvalue weighted by Crippen LogP contribution is 2.42. The van der Waals surface area contributed by atoms with Crippen LogP contribution < -0.4 is 17.1 Å². The molecule has 2 fully saturated rings. The van der Waals surface area contributed by atoms with Crippen LogP contribution in [-0.4, -0.2) is 55.0 Å². The summed E-state index contributed by atoms with van der Waals surface area (Å²) < 4.78 is 13.1. The highest BCUT2D eigenvalue weighted by Gasteiger charge is 2.49. The Morgan fingerprint density at radius 1 is 0.923 bits per heavy atom. The van der Waals surface area contributed by atoms with Gasteiger partial charge in [-0.1, -0.05) is 91.7 Å². The maximum absolute atomic E-state index is 13.5. The van der Waals surface area contributed by atoms with Crippen LogP contribution in [0.15, 0.2) is 84.9 Å². The first-order valence-corrected chi connectivity index (χ1v) is 14.1. The molecule has 1 aliphatic heterocycles. The molecule has 0 amide bonds. The molecule has 1 saturated carbocycles. The van der Waals surface area contributed by atoms with Crippen LogP contribution >= 0.6 is 0 Å². The maximum Gasteiger partial charge on any atom is 0.343 e. The van der Waals surface area contributed by atoms with Crippen molar-refractivity contribution in [2.24, 2.45) is 5.92 Å². The first-order chi connectivity index (χ1) is 18.5. The average Bonchev–Trinajstić information content (AvgIpc) is 3.63. The quantitative estimate of drug-likeness (QED) is 0.240. The summed E-state index contributed by atoms with van der Waals surface area (Å²) in [4.78, 5) is 13.5. The second-order valence-corrected chi connectivity index (χ2v) is 11.2. The predicted molar refractivity (Wildman–Crippen MR) is 150 cm³/mol. The van der Waals surface area contributed by atoms with Gasteiger partial charge in [0.1, 0.15) is 12.3 Å². The van der Waals surface area contributed by atoms with Gasteiger partial charge in [0.25, 0.3) is 0 Å². The van der Waals surface area contributed by atoms with E-state index in [1.54, 1.807) is 0 Å². The van der Waals surface area contributed by atoms with E-state index in [4.69, 9.17) is 9.47 Å². The summed E-state index contributed by atoms with van der Waals surface area (Å²) in [5.41, 5.74) is 1.35. The fourth-order valence-corrected chi connectivity index (χ4v) is 6.30. The summed E-state index contributed by atoms with van der Waals surface area (Å²) in [6, 6.07) is 27.9. The molecule has 3 aromatic rings. The van der Waals surface area contributed by atoms with Crippen molar-refractivity contribution < 1.29 is 36.3 Å². The van der Waals surface area contributed by atoms with E-state index in [0.717, 1.165) is 79.5 Å². The number of halogens is 1. The fraction of sp³-hybridized carbons (Fsp3) is 0.424. The Balaban J connectivity index is 0.00000353. The third-order valence-electron chi connectivity index (χ3n) is 8.45. The zero-order valence-corrected chi connectivity index (χ0v) is 23.6. The topological polar surface area (TPSA) is 55.8 Å². The highest BCUT2D eigenvalue weighted by molar-refractivity contribution is 5.81. The Morgan fingerprint density at radius 3 is 2.28 bits per heavy atom. The molecule has 3 atom stereocenters. The van der Waals surface area contributed by atoms with E-state index < -0.39 is 11.6 Å². The molecular formula is C33H40ClNO4. The van der Waals surface area contributed by atoms with Crippen LogP contribution in [0.5, 0.6) is 5.75 Å². The van der Waals surface area contributed by atoms with Gasteiger partial charge in [-0.05, 0) is 30.0 Å². The molecule has 1 N–H and O–H groups in total. The van der Waals surface area contributed by atoms with E-state index in [0.29, 0.717) is 12.2 Å². The van der Waals surface area contributed by atoms with E-state index in [9.17, 15) is 9.90 Å². The minimum Gasteiger partial charge on any atom is -1.00 e. The highest BCUT2D eigenvalue weighted by atomic mass is 35.5. The van der Waals surface area contributed by atoms with E-state index in [1.165, 1.54) is 0 Å². The molecule has 0 spiro atoms. The lowest BCUT2D eigenvalue weighted by molar-refractivity contribution is -0.899. The predicted octanol–water partition coefficient (Wildman–Crippen LogP) is 2.97. The number of aliphatic hydroxyl groups is 1. The van der Waals surface area contributed by atoms with Crippen LogP contribution in [0.3, 0.4) is 0 Å². The maximum atomic E-state index is 13.5. The molecular weight excluding hydrogens is 510 g/mol. The van der Waals surface area contributed by atoms with Gasteiger partial charge in [-0.15, -0.1) is 0 Å². The molecule has 1 unspecified atom stereocenters. The molecule has 3 aromatic carbocycles. The van der Waals surface area contributed by atoms with Crippen LogP contribution in [0, 0.1) is 5.92 Å². The molecule has 1 heterocycles. The molecule has 5 rings (SSSR count). The second kappa shape index (κ2) is 13.0. The zero-order valence-electron chi connectivity index (χ0n) is 22.8. The lowest BCUT2D eigenvalue weighted by atomic mass is 9.80. The molecule has 5 nitrogen and oxygen atoms in total. The fourth-order valence-electron chi connectivity index (χ4n) is 6.30. The number of carbonyl (C=O) groups is 1. The molecule has 2 aliphatic rings. The van der Waals surface area contributed by atoms with Crippen LogP contribution in [0.25, 0.3) is 11.1 Å². The first kappa shape index (κ1) is 29.1. The summed E-state index contributed by atoms with van der Waals surface area (Å²) in [5.74, 6) is 0.340. The standard InChI is InChI=1S/C33H40NO4.ClH/c1-34(22-12-24-37-31-20-11-10-19-30(31)26-13-4-2-5-14-26)23-21-29(25-34)38-32(35)33(36,28-17-8-9-18-28)27-15-6-3-7-16-27;/h2-7,10-11,13-16,19-20,28-29,36H,8-9,12,17-18,21-25H2,1H3;1H/q+1;/p-1/t29-,33+,34?;/m1./s1. The van der Waals surface area contributed by atoms with Crippen molar-refractivity contribution in [3.8, 4) is 16.9 Å². The van der Waals surface area contributed by atoms with Crippen molar-refractivity contribution in [3.05, 3.63) is 90.5 Å². The van der Waals surface area contributed by atoms with Gasteiger partial charge in [0, 0.05) is 24.3 Å². The number of likely N-dealkylation sites (tertiary alicyclic amines) is 1. The largest absolute Gasteiger partial charge is 1.00 e. The van der Waals surface area contributed by atoms with Crippen molar-refractivity contribution in [2.75, 3.05) is 33.3 Å². The normalized spacial score (nSPS) is 22.6.